The Bertz CT molecular complexity index is 925. The minimum atomic E-state index is 0.587. The summed E-state index contributed by atoms with van der Waals surface area (Å²) in [4.78, 5) is 4.49. The van der Waals surface area contributed by atoms with Crippen LogP contribution < -0.4 is 0 Å². The minimum Gasteiger partial charge on any atom is -0.311 e. The van der Waals surface area contributed by atoms with Crippen molar-refractivity contribution in [2.45, 2.75) is 32.2 Å². The van der Waals surface area contributed by atoms with Crippen molar-refractivity contribution < 1.29 is 0 Å². The van der Waals surface area contributed by atoms with Crippen molar-refractivity contribution in [3.8, 4) is 11.4 Å². The van der Waals surface area contributed by atoms with E-state index < -0.39 is 0 Å². The fourth-order valence-electron chi connectivity index (χ4n) is 3.17. The van der Waals surface area contributed by atoms with Gasteiger partial charge in [-0.25, -0.2) is 0 Å². The first-order chi connectivity index (χ1) is 12.7. The van der Waals surface area contributed by atoms with Gasteiger partial charge in [0.15, 0.2) is 5.82 Å². The molecule has 0 unspecified atom stereocenters. The van der Waals surface area contributed by atoms with Crippen molar-refractivity contribution in [3.05, 3.63) is 63.9 Å². The number of aliphatic imine (C=N–C) groups is 1. The molecule has 0 bridgehead atoms. The van der Waals surface area contributed by atoms with Crippen molar-refractivity contribution in [3.63, 3.8) is 0 Å². The number of fused-ring (bicyclic) bond motifs is 1. The number of rotatable bonds is 3. The second kappa shape index (κ2) is 7.60. The first-order valence-corrected chi connectivity index (χ1v) is 9.48. The Balaban J connectivity index is 1.58. The summed E-state index contributed by atoms with van der Waals surface area (Å²) in [7, 11) is 0. The van der Waals surface area contributed by atoms with E-state index in [1.165, 1.54) is 19.3 Å². The van der Waals surface area contributed by atoms with E-state index >= 15 is 0 Å². The molecule has 1 aromatic heterocycles. The normalized spacial score (nSPS) is 14.4. The topological polar surface area (TPSA) is 43.1 Å². The minimum absolute atomic E-state index is 0.587. The zero-order chi connectivity index (χ0) is 17.9. The van der Waals surface area contributed by atoms with Gasteiger partial charge < -0.3 is 4.57 Å². The summed E-state index contributed by atoms with van der Waals surface area (Å²) in [6, 6.07) is 13.4. The summed E-state index contributed by atoms with van der Waals surface area (Å²) < 4.78 is 2.24. The van der Waals surface area contributed by atoms with Crippen molar-refractivity contribution in [1.29, 1.82) is 0 Å². The van der Waals surface area contributed by atoms with Gasteiger partial charge in [0.25, 0.3) is 0 Å². The van der Waals surface area contributed by atoms with Crippen molar-refractivity contribution in [1.82, 2.24) is 14.8 Å². The average Bonchev–Trinajstić information content (AvgIpc) is 2.90. The van der Waals surface area contributed by atoms with Crippen molar-refractivity contribution >= 4 is 35.1 Å². The first-order valence-electron chi connectivity index (χ1n) is 8.73. The Labute approximate surface area is 162 Å². The molecule has 1 aliphatic rings. The van der Waals surface area contributed by atoms with Gasteiger partial charge in [-0.15, -0.1) is 10.2 Å². The summed E-state index contributed by atoms with van der Waals surface area (Å²) in [5, 5.41) is 9.93. The fraction of sp³-hybridized carbons (Fsp3) is 0.250. The zero-order valence-electron chi connectivity index (χ0n) is 14.2. The Morgan fingerprint density at radius 3 is 2.46 bits per heavy atom. The SMILES string of the molecule is Clc1cccc(Cl)c1C=Nc1ccc(-c2nnc3n2CCCCC3)cc1. The third kappa shape index (κ3) is 3.53. The molecule has 0 saturated carbocycles. The smallest absolute Gasteiger partial charge is 0.163 e. The van der Waals surface area contributed by atoms with Crippen LogP contribution in [0, 0.1) is 0 Å². The van der Waals surface area contributed by atoms with E-state index in [9.17, 15) is 0 Å². The Kier molecular flexibility index (Phi) is 5.05. The van der Waals surface area contributed by atoms with Gasteiger partial charge in [-0.3, -0.25) is 4.99 Å². The molecule has 0 spiro atoms. The summed E-state index contributed by atoms with van der Waals surface area (Å²) in [5.41, 5.74) is 2.61. The van der Waals surface area contributed by atoms with Crippen LogP contribution in [0.5, 0.6) is 0 Å². The highest BCUT2D eigenvalue weighted by atomic mass is 35.5. The lowest BCUT2D eigenvalue weighted by atomic mass is 10.2. The van der Waals surface area contributed by atoms with Crippen LogP contribution in [0.2, 0.25) is 10.0 Å². The van der Waals surface area contributed by atoms with E-state index in [0.29, 0.717) is 10.0 Å². The van der Waals surface area contributed by atoms with Crippen molar-refractivity contribution in [2.24, 2.45) is 4.99 Å². The molecule has 2 aromatic carbocycles. The lowest BCUT2D eigenvalue weighted by molar-refractivity contribution is 0.636. The number of hydrogen-bond acceptors (Lipinski definition) is 3. The highest BCUT2D eigenvalue weighted by Crippen LogP contribution is 2.26. The maximum atomic E-state index is 6.18. The molecular formula is C20H18Cl2N4. The summed E-state index contributed by atoms with van der Waals surface area (Å²) in [6.07, 6.45) is 6.33. The molecule has 132 valence electrons. The number of hydrogen-bond donors (Lipinski definition) is 0. The summed E-state index contributed by atoms with van der Waals surface area (Å²) >= 11 is 12.4. The van der Waals surface area contributed by atoms with Crippen LogP contribution in [-0.2, 0) is 13.0 Å². The van der Waals surface area contributed by atoms with E-state index in [-0.39, 0.29) is 0 Å². The molecule has 4 rings (SSSR count). The Hall–Kier alpha value is -2.17. The monoisotopic (exact) mass is 384 g/mol. The molecule has 0 radical (unpaired) electrons. The molecule has 0 N–H and O–H groups in total. The quantitative estimate of drug-likeness (QED) is 0.541. The Morgan fingerprint density at radius 1 is 0.923 bits per heavy atom. The number of aromatic nitrogens is 3. The zero-order valence-corrected chi connectivity index (χ0v) is 15.7. The van der Waals surface area contributed by atoms with Gasteiger partial charge in [0.05, 0.1) is 15.7 Å². The van der Waals surface area contributed by atoms with Gasteiger partial charge in [0, 0.05) is 30.3 Å². The number of benzene rings is 2. The second-order valence-electron chi connectivity index (χ2n) is 6.34. The molecule has 2 heterocycles. The fourth-order valence-corrected chi connectivity index (χ4v) is 3.66. The van der Waals surface area contributed by atoms with E-state index in [1.807, 2.05) is 30.3 Å². The highest BCUT2D eigenvalue weighted by Gasteiger charge is 2.15. The van der Waals surface area contributed by atoms with Crippen LogP contribution in [0.4, 0.5) is 5.69 Å². The van der Waals surface area contributed by atoms with Crippen LogP contribution in [0.1, 0.15) is 30.7 Å². The highest BCUT2D eigenvalue weighted by molar-refractivity contribution is 6.38. The first kappa shape index (κ1) is 17.3. The van der Waals surface area contributed by atoms with Crippen LogP contribution in [0.3, 0.4) is 0 Å². The third-order valence-electron chi connectivity index (χ3n) is 4.58. The van der Waals surface area contributed by atoms with Crippen LogP contribution in [0.25, 0.3) is 11.4 Å². The number of nitrogens with zero attached hydrogens (tertiary/aromatic N) is 4. The predicted octanol–water partition coefficient (Wildman–Crippen LogP) is 5.73. The van der Waals surface area contributed by atoms with Crippen LogP contribution >= 0.6 is 23.2 Å². The molecule has 0 atom stereocenters. The third-order valence-corrected chi connectivity index (χ3v) is 5.24. The molecule has 1 aliphatic heterocycles. The summed E-state index contributed by atoms with van der Waals surface area (Å²) in [5.74, 6) is 2.03. The van der Waals surface area contributed by atoms with Crippen LogP contribution in [-0.4, -0.2) is 21.0 Å². The molecule has 26 heavy (non-hydrogen) atoms. The molecule has 4 nitrogen and oxygen atoms in total. The number of aryl methyl sites for hydroxylation is 1. The molecule has 6 heteroatoms. The predicted molar refractivity (Wildman–Crippen MR) is 107 cm³/mol. The molecule has 3 aromatic rings. The second-order valence-corrected chi connectivity index (χ2v) is 7.16. The van der Waals surface area contributed by atoms with E-state index in [2.05, 4.69) is 19.8 Å². The van der Waals surface area contributed by atoms with Gasteiger partial charge in [-0.05, 0) is 49.2 Å². The standard InChI is InChI=1S/C20H18Cl2N4/c21-17-5-4-6-18(22)16(17)13-23-15-10-8-14(9-11-15)20-25-24-19-7-2-1-3-12-26(19)20/h4-6,8-11,13H,1-3,7,12H2. The maximum Gasteiger partial charge on any atom is 0.163 e. The van der Waals surface area contributed by atoms with Crippen molar-refractivity contribution in [2.75, 3.05) is 0 Å². The van der Waals surface area contributed by atoms with E-state index in [0.717, 1.165) is 41.4 Å². The average molecular weight is 385 g/mol. The lowest BCUT2D eigenvalue weighted by Crippen LogP contribution is -2.02. The van der Waals surface area contributed by atoms with Gasteiger partial charge in [-0.2, -0.15) is 0 Å². The molecule has 0 saturated heterocycles. The van der Waals surface area contributed by atoms with E-state index in [1.54, 1.807) is 18.3 Å². The van der Waals surface area contributed by atoms with Gasteiger partial charge in [0.2, 0.25) is 0 Å². The largest absolute Gasteiger partial charge is 0.311 e. The molecule has 0 aliphatic carbocycles. The summed E-state index contributed by atoms with van der Waals surface area (Å²) in [6.45, 7) is 0.989. The maximum absolute atomic E-state index is 6.18. The van der Waals surface area contributed by atoms with Crippen LogP contribution in [0.15, 0.2) is 47.5 Å². The molecule has 0 fully saturated rings. The Morgan fingerprint density at radius 2 is 1.69 bits per heavy atom. The van der Waals surface area contributed by atoms with Gasteiger partial charge in [0.1, 0.15) is 5.82 Å². The van der Waals surface area contributed by atoms with Gasteiger partial charge in [-0.1, -0.05) is 35.7 Å². The number of halogens is 2. The van der Waals surface area contributed by atoms with Gasteiger partial charge >= 0.3 is 0 Å². The molecule has 0 amide bonds. The molecular weight excluding hydrogens is 367 g/mol. The van der Waals surface area contributed by atoms with E-state index in [4.69, 9.17) is 23.2 Å². The lowest BCUT2D eigenvalue weighted by Gasteiger charge is -2.07.